The number of benzene rings is 6. The first-order valence-corrected chi connectivity index (χ1v) is 12.2. The maximum Gasteiger partial charge on any atom is 0.124 e. The molecule has 0 unspecified atom stereocenters. The summed E-state index contributed by atoms with van der Waals surface area (Å²) in [6.07, 6.45) is 0. The van der Waals surface area contributed by atoms with E-state index in [1.807, 2.05) is 6.07 Å². The van der Waals surface area contributed by atoms with Crippen LogP contribution in [0.2, 0.25) is 0 Å². The zero-order valence-electron chi connectivity index (χ0n) is 19.5. The van der Waals surface area contributed by atoms with Gasteiger partial charge in [-0.15, -0.1) is 6.07 Å². The summed E-state index contributed by atoms with van der Waals surface area (Å²) in [6.45, 7) is 0. The van der Waals surface area contributed by atoms with Crippen LogP contribution in [0.5, 0.6) is 0 Å². The fraction of sp³-hybridized carbons (Fsp3) is 0. The van der Waals surface area contributed by atoms with Crippen molar-refractivity contribution in [2.45, 2.75) is 0 Å². The smallest absolute Gasteiger partial charge is 0.124 e. The summed E-state index contributed by atoms with van der Waals surface area (Å²) in [5, 5.41) is 10.4. The largest absolute Gasteiger partial charge is 0.477 e. The van der Waals surface area contributed by atoms with Crippen LogP contribution in [0.4, 0.5) is 0 Å². The number of fused-ring (bicyclic) bond motifs is 15. The molecule has 0 atom stereocenters. The van der Waals surface area contributed by atoms with Crippen molar-refractivity contribution in [1.82, 2.24) is 9.38 Å². The Hall–Kier alpha value is -4.24. The number of hydrogen-bond donors (Lipinski definition) is 0. The van der Waals surface area contributed by atoms with E-state index in [9.17, 15) is 0 Å². The van der Waals surface area contributed by atoms with Gasteiger partial charge in [0.1, 0.15) is 5.58 Å². The Balaban J connectivity index is 0.00000215. The molecule has 0 aliphatic carbocycles. The van der Waals surface area contributed by atoms with Gasteiger partial charge in [-0.2, -0.15) is 0 Å². The topological polar surface area (TPSA) is 30.4 Å². The number of para-hydroxylation sites is 3. The molecule has 9 rings (SSSR count). The van der Waals surface area contributed by atoms with Crippen molar-refractivity contribution in [1.29, 1.82) is 0 Å². The van der Waals surface area contributed by atoms with E-state index in [0.29, 0.717) is 0 Å². The number of aromatic nitrogens is 2. The summed E-state index contributed by atoms with van der Waals surface area (Å²) < 4.78 is 8.71. The van der Waals surface area contributed by atoms with Crippen LogP contribution < -0.4 is 0 Å². The number of imidazole rings is 1. The van der Waals surface area contributed by atoms with Gasteiger partial charge in [0.25, 0.3) is 0 Å². The van der Waals surface area contributed by atoms with E-state index in [2.05, 4.69) is 108 Å². The quantitative estimate of drug-likeness (QED) is 0.121. The molecule has 0 saturated heterocycles. The summed E-state index contributed by atoms with van der Waals surface area (Å²) in [5.41, 5.74) is 5.77. The predicted molar refractivity (Wildman–Crippen MR) is 149 cm³/mol. The van der Waals surface area contributed by atoms with Crippen molar-refractivity contribution in [2.75, 3.05) is 0 Å². The molecule has 0 bridgehead atoms. The maximum atomic E-state index is 6.46. The Bertz CT molecular complexity index is 2380. The summed E-state index contributed by atoms with van der Waals surface area (Å²) in [6, 6.07) is 40.0. The second kappa shape index (κ2) is 7.39. The summed E-state index contributed by atoms with van der Waals surface area (Å²) >= 11 is 0. The van der Waals surface area contributed by atoms with Crippen LogP contribution >= 0.6 is 0 Å². The normalized spacial score (nSPS) is 12.1. The van der Waals surface area contributed by atoms with E-state index in [-0.39, 0.29) is 20.1 Å². The van der Waals surface area contributed by atoms with E-state index < -0.39 is 0 Å². The number of nitrogens with zero attached hydrogens (tertiary/aromatic N) is 2. The van der Waals surface area contributed by atoms with Gasteiger partial charge in [0, 0.05) is 25.6 Å². The fourth-order valence-electron chi connectivity index (χ4n) is 6.06. The van der Waals surface area contributed by atoms with E-state index in [0.717, 1.165) is 54.9 Å². The van der Waals surface area contributed by atoms with E-state index >= 15 is 0 Å². The van der Waals surface area contributed by atoms with Crippen LogP contribution in [0.25, 0.3) is 81.8 Å². The Morgan fingerprint density at radius 1 is 0.622 bits per heavy atom. The molecule has 0 saturated carbocycles. The third-order valence-electron chi connectivity index (χ3n) is 7.61. The molecule has 175 valence electrons. The van der Waals surface area contributed by atoms with Crippen LogP contribution in [0.3, 0.4) is 0 Å². The van der Waals surface area contributed by atoms with E-state index in [4.69, 9.17) is 9.40 Å². The molecular formula is C33H17IrN2O-. The standard InChI is InChI=1S/C33H17N2O.Ir/c1-2-8-21-19(7-1)13-14-20-15-16-29-32(31(20)21)25-17-23-22-9-3-5-11-27(22)35-28-12-6-4-10-26(28)34-33(35)24(23)18-30(25)36-29;/h1-17H;/q-1;. The third-order valence-corrected chi connectivity index (χ3v) is 7.61. The minimum Gasteiger partial charge on any atom is -0.477 e. The Morgan fingerprint density at radius 2 is 1.35 bits per heavy atom. The van der Waals surface area contributed by atoms with E-state index in [1.165, 1.54) is 26.9 Å². The Labute approximate surface area is 224 Å². The fourth-order valence-corrected chi connectivity index (χ4v) is 6.06. The summed E-state index contributed by atoms with van der Waals surface area (Å²) in [5.74, 6) is 0. The average molecular weight is 650 g/mol. The summed E-state index contributed by atoms with van der Waals surface area (Å²) in [4.78, 5) is 5.04. The van der Waals surface area contributed by atoms with Crippen LogP contribution in [0.15, 0.2) is 108 Å². The van der Waals surface area contributed by atoms with Crippen molar-refractivity contribution in [3.05, 3.63) is 109 Å². The summed E-state index contributed by atoms with van der Waals surface area (Å²) in [7, 11) is 0. The third kappa shape index (κ3) is 2.66. The molecule has 0 N–H and O–H groups in total. The van der Waals surface area contributed by atoms with Gasteiger partial charge >= 0.3 is 0 Å². The van der Waals surface area contributed by atoms with Gasteiger partial charge in [-0.25, -0.2) is 0 Å². The Morgan fingerprint density at radius 3 is 2.27 bits per heavy atom. The van der Waals surface area contributed by atoms with Gasteiger partial charge < -0.3 is 8.82 Å². The van der Waals surface area contributed by atoms with E-state index in [1.54, 1.807) is 0 Å². The maximum absolute atomic E-state index is 6.46. The van der Waals surface area contributed by atoms with Gasteiger partial charge in [0.15, 0.2) is 0 Å². The first kappa shape index (κ1) is 20.9. The molecule has 0 fully saturated rings. The molecule has 3 heterocycles. The van der Waals surface area contributed by atoms with Crippen molar-refractivity contribution in [2.24, 2.45) is 0 Å². The molecule has 0 aliphatic rings. The van der Waals surface area contributed by atoms with Crippen molar-refractivity contribution in [3.63, 3.8) is 0 Å². The molecule has 3 nitrogen and oxygen atoms in total. The van der Waals surface area contributed by atoms with Gasteiger partial charge in [-0.1, -0.05) is 95.0 Å². The first-order valence-electron chi connectivity index (χ1n) is 12.2. The minimum absolute atomic E-state index is 0. The van der Waals surface area contributed by atoms with Crippen molar-refractivity contribution >= 4 is 81.8 Å². The molecule has 0 aliphatic heterocycles. The van der Waals surface area contributed by atoms with Crippen LogP contribution in [0.1, 0.15) is 0 Å². The monoisotopic (exact) mass is 650 g/mol. The first-order chi connectivity index (χ1) is 17.8. The van der Waals surface area contributed by atoms with Gasteiger partial charge in [0.05, 0.1) is 22.3 Å². The average Bonchev–Trinajstić information content (AvgIpc) is 3.50. The van der Waals surface area contributed by atoms with Crippen LogP contribution in [0, 0.1) is 6.07 Å². The second-order valence-electron chi connectivity index (χ2n) is 9.50. The number of furan rings is 1. The van der Waals surface area contributed by atoms with Gasteiger partial charge in [-0.05, 0) is 56.6 Å². The minimum atomic E-state index is 0. The number of pyridine rings is 1. The molecule has 1 radical (unpaired) electrons. The molecule has 4 heteroatoms. The van der Waals surface area contributed by atoms with Gasteiger partial charge in [0.2, 0.25) is 0 Å². The SMILES string of the molecule is [Ir].[c-]1c2oc3ccc4ccc5ccccc5c4c3c2cc2c1c1nc3ccccc3n1c1ccccc21. The van der Waals surface area contributed by atoms with Crippen LogP contribution in [-0.2, 0) is 20.1 Å². The number of rotatable bonds is 0. The predicted octanol–water partition coefficient (Wildman–Crippen LogP) is 8.80. The zero-order chi connectivity index (χ0) is 23.4. The Kier molecular flexibility index (Phi) is 4.18. The van der Waals surface area contributed by atoms with Crippen LogP contribution in [-0.4, -0.2) is 9.38 Å². The van der Waals surface area contributed by atoms with Crippen molar-refractivity contribution < 1.29 is 24.5 Å². The molecule has 9 aromatic rings. The molecular weight excluding hydrogens is 633 g/mol. The van der Waals surface area contributed by atoms with Gasteiger partial charge in [-0.3, -0.25) is 4.98 Å². The van der Waals surface area contributed by atoms with Crippen molar-refractivity contribution in [3.8, 4) is 0 Å². The molecule has 37 heavy (non-hydrogen) atoms. The second-order valence-corrected chi connectivity index (χ2v) is 9.50. The zero-order valence-corrected chi connectivity index (χ0v) is 21.8. The molecule has 0 amide bonds. The molecule has 0 spiro atoms. The molecule has 6 aromatic carbocycles. The molecule has 3 aromatic heterocycles. The number of hydrogen-bond acceptors (Lipinski definition) is 2.